The van der Waals surface area contributed by atoms with Crippen LogP contribution in [0.1, 0.15) is 32.4 Å². The largest absolute Gasteiger partial charge is 0.490 e. The first kappa shape index (κ1) is 14.1. The van der Waals surface area contributed by atoms with Crippen LogP contribution in [-0.4, -0.2) is 23.2 Å². The molecule has 0 radical (unpaired) electrons. The normalized spacial score (nSPS) is 10.2. The van der Waals surface area contributed by atoms with Gasteiger partial charge in [-0.3, -0.25) is 0 Å². The van der Waals surface area contributed by atoms with Gasteiger partial charge in [0.05, 0.1) is 18.7 Å². The standard InChI is InChI=1S/C15H17N3O2/c1-3-5-19-14-7-11-12(8-15(14)20-6-4-2)17-10-18-13(11)9-16/h7-8,10H,3-6H2,1-2H3. The molecule has 0 N–H and O–H groups in total. The molecule has 0 aliphatic carbocycles. The Bertz CT molecular complexity index is 635. The molecule has 2 rings (SSSR count). The van der Waals surface area contributed by atoms with Crippen LogP contribution < -0.4 is 9.47 Å². The van der Waals surface area contributed by atoms with Crippen molar-refractivity contribution in [2.45, 2.75) is 26.7 Å². The third kappa shape index (κ3) is 2.97. The summed E-state index contributed by atoms with van der Waals surface area (Å²) in [5.74, 6) is 1.30. The van der Waals surface area contributed by atoms with Gasteiger partial charge in [0, 0.05) is 11.5 Å². The van der Waals surface area contributed by atoms with Crippen molar-refractivity contribution in [3.05, 3.63) is 24.2 Å². The van der Waals surface area contributed by atoms with Crippen LogP contribution in [0.5, 0.6) is 11.5 Å². The van der Waals surface area contributed by atoms with E-state index in [1.165, 1.54) is 6.33 Å². The maximum atomic E-state index is 9.10. The summed E-state index contributed by atoms with van der Waals surface area (Å²) in [6.07, 6.45) is 3.21. The first-order valence-electron chi connectivity index (χ1n) is 6.74. The van der Waals surface area contributed by atoms with Crippen LogP contribution in [0.2, 0.25) is 0 Å². The second-order valence-corrected chi connectivity index (χ2v) is 4.35. The fourth-order valence-corrected chi connectivity index (χ4v) is 1.80. The monoisotopic (exact) mass is 271 g/mol. The number of benzene rings is 1. The molecule has 1 aromatic heterocycles. The van der Waals surface area contributed by atoms with E-state index in [0.29, 0.717) is 41.3 Å². The van der Waals surface area contributed by atoms with Gasteiger partial charge in [-0.2, -0.15) is 5.26 Å². The Kier molecular flexibility index (Phi) is 4.72. The highest BCUT2D eigenvalue weighted by Crippen LogP contribution is 2.32. The zero-order chi connectivity index (χ0) is 14.4. The lowest BCUT2D eigenvalue weighted by molar-refractivity contribution is 0.269. The Morgan fingerprint density at radius 3 is 2.30 bits per heavy atom. The zero-order valence-electron chi connectivity index (χ0n) is 11.7. The smallest absolute Gasteiger partial charge is 0.163 e. The summed E-state index contributed by atoms with van der Waals surface area (Å²) in [7, 11) is 0. The van der Waals surface area contributed by atoms with E-state index in [2.05, 4.69) is 16.0 Å². The highest BCUT2D eigenvalue weighted by Gasteiger charge is 2.11. The van der Waals surface area contributed by atoms with Gasteiger partial charge >= 0.3 is 0 Å². The van der Waals surface area contributed by atoms with Gasteiger partial charge in [-0.15, -0.1) is 0 Å². The highest BCUT2D eigenvalue weighted by molar-refractivity contribution is 5.86. The molecule has 0 aliphatic heterocycles. The van der Waals surface area contributed by atoms with E-state index >= 15 is 0 Å². The molecule has 0 amide bonds. The third-order valence-electron chi connectivity index (χ3n) is 2.73. The van der Waals surface area contributed by atoms with Crippen LogP contribution in [0.25, 0.3) is 10.9 Å². The minimum Gasteiger partial charge on any atom is -0.490 e. The van der Waals surface area contributed by atoms with Crippen molar-refractivity contribution in [3.8, 4) is 17.6 Å². The number of nitriles is 1. The molecule has 0 aliphatic rings. The summed E-state index contributed by atoms with van der Waals surface area (Å²) < 4.78 is 11.4. The number of hydrogen-bond acceptors (Lipinski definition) is 5. The van der Waals surface area contributed by atoms with Crippen LogP contribution in [0.3, 0.4) is 0 Å². The minimum atomic E-state index is 0.346. The minimum absolute atomic E-state index is 0.346. The second kappa shape index (κ2) is 6.71. The lowest BCUT2D eigenvalue weighted by Gasteiger charge is -2.13. The number of ether oxygens (including phenoxy) is 2. The molecule has 0 fully saturated rings. The Hall–Kier alpha value is -2.35. The molecule has 2 aromatic rings. The zero-order valence-corrected chi connectivity index (χ0v) is 11.7. The maximum absolute atomic E-state index is 9.10. The SMILES string of the molecule is CCCOc1cc2ncnc(C#N)c2cc1OCCC. The Morgan fingerprint density at radius 2 is 1.70 bits per heavy atom. The van der Waals surface area contributed by atoms with E-state index in [4.69, 9.17) is 14.7 Å². The molecule has 20 heavy (non-hydrogen) atoms. The van der Waals surface area contributed by atoms with Gasteiger partial charge < -0.3 is 9.47 Å². The molecule has 1 heterocycles. The Labute approximate surface area is 118 Å². The fourth-order valence-electron chi connectivity index (χ4n) is 1.80. The average Bonchev–Trinajstić information content (AvgIpc) is 2.49. The van der Waals surface area contributed by atoms with Crippen molar-refractivity contribution < 1.29 is 9.47 Å². The molecule has 104 valence electrons. The summed E-state index contributed by atoms with van der Waals surface area (Å²) in [5.41, 5.74) is 1.03. The quantitative estimate of drug-likeness (QED) is 0.807. The number of fused-ring (bicyclic) bond motifs is 1. The van der Waals surface area contributed by atoms with E-state index in [0.717, 1.165) is 12.8 Å². The highest BCUT2D eigenvalue weighted by atomic mass is 16.5. The first-order chi connectivity index (χ1) is 9.80. The lowest BCUT2D eigenvalue weighted by Crippen LogP contribution is -2.02. The Morgan fingerprint density at radius 1 is 1.05 bits per heavy atom. The van der Waals surface area contributed by atoms with E-state index in [9.17, 15) is 0 Å². The van der Waals surface area contributed by atoms with Crippen LogP contribution in [0, 0.1) is 11.3 Å². The van der Waals surface area contributed by atoms with E-state index in [1.54, 1.807) is 12.1 Å². The van der Waals surface area contributed by atoms with Crippen molar-refractivity contribution in [3.63, 3.8) is 0 Å². The van der Waals surface area contributed by atoms with E-state index in [1.807, 2.05) is 13.8 Å². The second-order valence-electron chi connectivity index (χ2n) is 4.35. The van der Waals surface area contributed by atoms with Crippen molar-refractivity contribution >= 4 is 10.9 Å². The maximum Gasteiger partial charge on any atom is 0.163 e. The molecular formula is C15H17N3O2. The lowest BCUT2D eigenvalue weighted by atomic mass is 10.1. The number of aromatic nitrogens is 2. The summed E-state index contributed by atoms with van der Waals surface area (Å²) in [6, 6.07) is 5.66. The van der Waals surface area contributed by atoms with Crippen LogP contribution in [0.4, 0.5) is 0 Å². The third-order valence-corrected chi connectivity index (χ3v) is 2.73. The molecular weight excluding hydrogens is 254 g/mol. The summed E-state index contributed by atoms with van der Waals surface area (Å²) in [4.78, 5) is 8.15. The molecule has 5 heteroatoms. The van der Waals surface area contributed by atoms with Crippen molar-refractivity contribution in [1.29, 1.82) is 5.26 Å². The van der Waals surface area contributed by atoms with E-state index in [-0.39, 0.29) is 0 Å². The molecule has 0 bridgehead atoms. The van der Waals surface area contributed by atoms with Gasteiger partial charge in [0.2, 0.25) is 0 Å². The number of rotatable bonds is 6. The average molecular weight is 271 g/mol. The van der Waals surface area contributed by atoms with Gasteiger partial charge in [-0.1, -0.05) is 13.8 Å². The van der Waals surface area contributed by atoms with Gasteiger partial charge in [-0.05, 0) is 18.9 Å². The summed E-state index contributed by atoms with van der Waals surface area (Å²) in [6.45, 7) is 5.30. The summed E-state index contributed by atoms with van der Waals surface area (Å²) >= 11 is 0. The van der Waals surface area contributed by atoms with Crippen LogP contribution in [0.15, 0.2) is 18.5 Å². The molecule has 5 nitrogen and oxygen atoms in total. The topological polar surface area (TPSA) is 68.0 Å². The summed E-state index contributed by atoms with van der Waals surface area (Å²) in [5, 5.41) is 9.79. The molecule has 0 saturated carbocycles. The molecule has 0 unspecified atom stereocenters. The van der Waals surface area contributed by atoms with Crippen LogP contribution in [-0.2, 0) is 0 Å². The predicted molar refractivity (Wildman–Crippen MR) is 75.8 cm³/mol. The molecule has 0 saturated heterocycles. The van der Waals surface area contributed by atoms with Crippen LogP contribution >= 0.6 is 0 Å². The fraction of sp³-hybridized carbons (Fsp3) is 0.400. The van der Waals surface area contributed by atoms with E-state index < -0.39 is 0 Å². The molecule has 0 spiro atoms. The predicted octanol–water partition coefficient (Wildman–Crippen LogP) is 3.08. The van der Waals surface area contributed by atoms with Gasteiger partial charge in [0.1, 0.15) is 12.4 Å². The van der Waals surface area contributed by atoms with Crippen molar-refractivity contribution in [1.82, 2.24) is 9.97 Å². The number of nitrogens with zero attached hydrogens (tertiary/aromatic N) is 3. The van der Waals surface area contributed by atoms with Gasteiger partial charge in [0.25, 0.3) is 0 Å². The van der Waals surface area contributed by atoms with Crippen molar-refractivity contribution in [2.24, 2.45) is 0 Å². The van der Waals surface area contributed by atoms with Gasteiger partial charge in [0.15, 0.2) is 17.2 Å². The molecule has 0 atom stereocenters. The van der Waals surface area contributed by atoms with Crippen molar-refractivity contribution in [2.75, 3.05) is 13.2 Å². The first-order valence-corrected chi connectivity index (χ1v) is 6.74. The Balaban J connectivity index is 2.50. The number of hydrogen-bond donors (Lipinski definition) is 0. The molecule has 1 aromatic carbocycles. The van der Waals surface area contributed by atoms with Gasteiger partial charge in [-0.25, -0.2) is 9.97 Å².